The van der Waals surface area contributed by atoms with E-state index < -0.39 is 0 Å². The minimum atomic E-state index is -0.282. The van der Waals surface area contributed by atoms with Crippen LogP contribution in [0.15, 0.2) is 0 Å². The van der Waals surface area contributed by atoms with E-state index in [-0.39, 0.29) is 11.3 Å². The van der Waals surface area contributed by atoms with E-state index >= 15 is 0 Å². The number of nitrogens with two attached hydrogens (primary N) is 1. The summed E-state index contributed by atoms with van der Waals surface area (Å²) in [6, 6.07) is 0. The van der Waals surface area contributed by atoms with Crippen molar-refractivity contribution < 1.29 is 4.79 Å². The molecule has 0 bridgehead atoms. The Kier molecular flexibility index (Phi) is 4.31. The van der Waals surface area contributed by atoms with Crippen molar-refractivity contribution in [1.82, 2.24) is 9.78 Å². The van der Waals surface area contributed by atoms with Gasteiger partial charge in [-0.25, -0.2) is 0 Å². The summed E-state index contributed by atoms with van der Waals surface area (Å²) in [7, 11) is 0. The minimum Gasteiger partial charge on any atom is -0.325 e. The molecule has 0 aromatic carbocycles. The topological polar surface area (TPSA) is 60.9 Å². The fourth-order valence-corrected chi connectivity index (χ4v) is 3.14. The van der Waals surface area contributed by atoms with E-state index in [0.29, 0.717) is 17.9 Å². The monoisotopic (exact) mass is 283 g/mol. The molecule has 106 valence electrons. The number of hydrogen-bond acceptors (Lipinski definition) is 3. The van der Waals surface area contributed by atoms with Crippen LogP contribution in [0.1, 0.15) is 50.4 Å². The highest BCUT2D eigenvalue weighted by molar-refractivity contribution is 6.32. The molecule has 19 heavy (non-hydrogen) atoms. The zero-order valence-electron chi connectivity index (χ0n) is 11.7. The molecule has 1 fully saturated rings. The molecule has 0 unspecified atom stereocenters. The first-order valence-corrected chi connectivity index (χ1v) is 7.35. The summed E-state index contributed by atoms with van der Waals surface area (Å²) in [4.78, 5) is 12.2. The molecule has 0 aliphatic heterocycles. The summed E-state index contributed by atoms with van der Waals surface area (Å²) >= 11 is 6.22. The lowest BCUT2D eigenvalue weighted by molar-refractivity contribution is -0.119. The van der Waals surface area contributed by atoms with E-state index in [0.717, 1.165) is 43.6 Å². The van der Waals surface area contributed by atoms with E-state index in [4.69, 9.17) is 17.3 Å². The van der Waals surface area contributed by atoms with Crippen molar-refractivity contribution >= 4 is 17.4 Å². The third-order valence-electron chi connectivity index (χ3n) is 3.97. The standard InChI is InChI=1S/C14H22ClN3O/c1-3-18-12(13(15)10(2)17-18)8-11(19)9-14(16)6-4-5-7-14/h3-9,16H2,1-2H3. The Balaban J connectivity index is 2.06. The molecule has 4 nitrogen and oxygen atoms in total. The van der Waals surface area contributed by atoms with Gasteiger partial charge >= 0.3 is 0 Å². The van der Waals surface area contributed by atoms with Gasteiger partial charge in [-0.1, -0.05) is 24.4 Å². The number of hydrogen-bond donors (Lipinski definition) is 1. The van der Waals surface area contributed by atoms with Crippen molar-refractivity contribution in [3.63, 3.8) is 0 Å². The molecule has 2 N–H and O–H groups in total. The summed E-state index contributed by atoms with van der Waals surface area (Å²) in [5.74, 6) is 0.168. The molecule has 5 heteroatoms. The molecule has 0 atom stereocenters. The summed E-state index contributed by atoms with van der Waals surface area (Å²) in [5, 5.41) is 4.95. The predicted octanol–water partition coefficient (Wildman–Crippen LogP) is 2.64. The highest BCUT2D eigenvalue weighted by atomic mass is 35.5. The molecule has 1 saturated carbocycles. The maximum absolute atomic E-state index is 12.2. The van der Waals surface area contributed by atoms with Gasteiger partial charge in [-0.3, -0.25) is 9.48 Å². The van der Waals surface area contributed by atoms with Crippen LogP contribution in [0.25, 0.3) is 0 Å². The van der Waals surface area contributed by atoms with Crippen LogP contribution in [-0.2, 0) is 17.8 Å². The maximum Gasteiger partial charge on any atom is 0.140 e. The number of carbonyl (C=O) groups is 1. The second kappa shape index (κ2) is 5.63. The number of rotatable bonds is 5. The van der Waals surface area contributed by atoms with Crippen LogP contribution in [0, 0.1) is 6.92 Å². The van der Waals surface area contributed by atoms with Gasteiger partial charge in [0.05, 0.1) is 16.4 Å². The molecule has 1 aromatic heterocycles. The summed E-state index contributed by atoms with van der Waals surface area (Å²) in [5.41, 5.74) is 7.58. The lowest BCUT2D eigenvalue weighted by Crippen LogP contribution is -2.39. The molecule has 0 saturated heterocycles. The van der Waals surface area contributed by atoms with Crippen molar-refractivity contribution in [2.75, 3.05) is 0 Å². The fraction of sp³-hybridized carbons (Fsp3) is 0.714. The average molecular weight is 284 g/mol. The summed E-state index contributed by atoms with van der Waals surface area (Å²) in [6.45, 7) is 4.59. The number of carbonyl (C=O) groups excluding carboxylic acids is 1. The van der Waals surface area contributed by atoms with Gasteiger partial charge in [0.2, 0.25) is 0 Å². The van der Waals surface area contributed by atoms with Crippen LogP contribution in [0.4, 0.5) is 0 Å². The summed E-state index contributed by atoms with van der Waals surface area (Å²) in [6.07, 6.45) is 4.98. The first-order chi connectivity index (χ1) is 8.95. The number of aryl methyl sites for hydroxylation is 2. The number of Topliss-reactive ketones (excluding diaryl/α,β-unsaturated/α-hetero) is 1. The van der Waals surface area contributed by atoms with Crippen LogP contribution in [0.5, 0.6) is 0 Å². The molecule has 1 aromatic rings. The van der Waals surface area contributed by atoms with Crippen LogP contribution in [0.2, 0.25) is 5.02 Å². The lowest BCUT2D eigenvalue weighted by atomic mass is 9.91. The quantitative estimate of drug-likeness (QED) is 0.904. The van der Waals surface area contributed by atoms with Gasteiger partial charge in [0.25, 0.3) is 0 Å². The summed E-state index contributed by atoms with van der Waals surface area (Å²) < 4.78 is 1.81. The zero-order valence-corrected chi connectivity index (χ0v) is 12.5. The third kappa shape index (κ3) is 3.18. The van der Waals surface area contributed by atoms with Gasteiger partial charge in [0.1, 0.15) is 5.78 Å². The highest BCUT2D eigenvalue weighted by Gasteiger charge is 2.32. The second-order valence-electron chi connectivity index (χ2n) is 5.62. The molecule has 0 radical (unpaired) electrons. The van der Waals surface area contributed by atoms with E-state index in [1.165, 1.54) is 0 Å². The molecular weight excluding hydrogens is 262 g/mol. The predicted molar refractivity (Wildman–Crippen MR) is 76.4 cm³/mol. The Morgan fingerprint density at radius 2 is 2.11 bits per heavy atom. The molecule has 1 heterocycles. The molecule has 0 spiro atoms. The van der Waals surface area contributed by atoms with Crippen molar-refractivity contribution in [1.29, 1.82) is 0 Å². The van der Waals surface area contributed by atoms with E-state index in [1.807, 2.05) is 18.5 Å². The average Bonchev–Trinajstić information content (AvgIpc) is 2.88. The van der Waals surface area contributed by atoms with Gasteiger partial charge < -0.3 is 5.73 Å². The van der Waals surface area contributed by atoms with Crippen molar-refractivity contribution in [2.45, 2.75) is 64.5 Å². The van der Waals surface area contributed by atoms with Crippen LogP contribution in [-0.4, -0.2) is 21.1 Å². The van der Waals surface area contributed by atoms with Crippen molar-refractivity contribution in [3.8, 4) is 0 Å². The number of nitrogens with zero attached hydrogens (tertiary/aromatic N) is 2. The highest BCUT2D eigenvalue weighted by Crippen LogP contribution is 2.31. The number of aromatic nitrogens is 2. The Labute approximate surface area is 119 Å². The van der Waals surface area contributed by atoms with Crippen molar-refractivity contribution in [2.24, 2.45) is 5.73 Å². The van der Waals surface area contributed by atoms with Gasteiger partial charge in [-0.05, 0) is 26.7 Å². The van der Waals surface area contributed by atoms with Gasteiger partial charge in [0.15, 0.2) is 0 Å². The van der Waals surface area contributed by atoms with E-state index in [1.54, 1.807) is 0 Å². The SMILES string of the molecule is CCn1nc(C)c(Cl)c1CC(=O)CC1(N)CCCC1. The number of halogens is 1. The van der Waals surface area contributed by atoms with Crippen LogP contribution < -0.4 is 5.73 Å². The minimum absolute atomic E-state index is 0.168. The van der Waals surface area contributed by atoms with Gasteiger partial charge in [-0.2, -0.15) is 5.10 Å². The number of ketones is 1. The Hall–Kier alpha value is -0.870. The zero-order chi connectivity index (χ0) is 14.0. The molecule has 2 rings (SSSR count). The molecule has 1 aliphatic rings. The second-order valence-corrected chi connectivity index (χ2v) is 6.00. The fourth-order valence-electron chi connectivity index (χ4n) is 2.94. The first kappa shape index (κ1) is 14.5. The lowest BCUT2D eigenvalue weighted by Gasteiger charge is -2.22. The largest absolute Gasteiger partial charge is 0.325 e. The Morgan fingerprint density at radius 1 is 1.47 bits per heavy atom. The van der Waals surface area contributed by atoms with Crippen LogP contribution in [0.3, 0.4) is 0 Å². The molecule has 1 aliphatic carbocycles. The van der Waals surface area contributed by atoms with Crippen molar-refractivity contribution in [3.05, 3.63) is 16.4 Å². The molecule has 0 amide bonds. The van der Waals surface area contributed by atoms with Crippen LogP contribution >= 0.6 is 11.6 Å². The smallest absolute Gasteiger partial charge is 0.140 e. The Bertz CT molecular complexity index is 475. The Morgan fingerprint density at radius 3 is 2.68 bits per heavy atom. The van der Waals surface area contributed by atoms with E-state index in [2.05, 4.69) is 5.10 Å². The van der Waals surface area contributed by atoms with E-state index in [9.17, 15) is 4.79 Å². The molecular formula is C14H22ClN3O. The third-order valence-corrected chi connectivity index (χ3v) is 4.46. The van der Waals surface area contributed by atoms with Gasteiger partial charge in [0, 0.05) is 24.9 Å². The normalized spacial score (nSPS) is 17.9. The first-order valence-electron chi connectivity index (χ1n) is 6.97. The maximum atomic E-state index is 12.2. The van der Waals surface area contributed by atoms with Gasteiger partial charge in [-0.15, -0.1) is 0 Å².